The SMILES string of the molecule is Cc1ccc(C)c(N(CCCC(=O)N(Cc2ccc(Cl)cc2)C(Cc2ccccc2)C(=O)NCC(C)C)S(C)(=O)=O)c1. The van der Waals surface area contributed by atoms with Crippen molar-refractivity contribution in [2.24, 2.45) is 5.92 Å². The molecule has 2 amide bonds. The molecule has 0 aliphatic rings. The molecule has 0 aliphatic heterocycles. The van der Waals surface area contributed by atoms with Crippen LogP contribution in [0.15, 0.2) is 72.8 Å². The van der Waals surface area contributed by atoms with E-state index in [0.29, 0.717) is 30.1 Å². The number of benzene rings is 3. The van der Waals surface area contributed by atoms with E-state index in [2.05, 4.69) is 5.32 Å². The molecule has 226 valence electrons. The number of nitrogens with zero attached hydrogens (tertiary/aromatic N) is 2. The van der Waals surface area contributed by atoms with E-state index >= 15 is 0 Å². The number of halogens is 1. The number of nitrogens with one attached hydrogen (secondary N) is 1. The van der Waals surface area contributed by atoms with Gasteiger partial charge in [-0.25, -0.2) is 8.42 Å². The van der Waals surface area contributed by atoms with Crippen molar-refractivity contribution in [2.75, 3.05) is 23.7 Å². The van der Waals surface area contributed by atoms with Gasteiger partial charge in [0, 0.05) is 37.5 Å². The normalized spacial score (nSPS) is 12.2. The molecule has 42 heavy (non-hydrogen) atoms. The standard InChI is InChI=1S/C33H42ClN3O4S/c1-24(2)22-35-33(39)31(21-27-10-7-6-8-11-27)36(23-28-15-17-29(34)18-16-28)32(38)12-9-19-37(42(5,40)41)30-20-25(3)13-14-26(30)4/h6-8,10-11,13-18,20,24,31H,9,12,19,21-23H2,1-5H3,(H,35,39). The number of hydrogen-bond donors (Lipinski definition) is 1. The molecular formula is C33H42ClN3O4S. The van der Waals surface area contributed by atoms with Gasteiger partial charge in [0.2, 0.25) is 21.8 Å². The summed E-state index contributed by atoms with van der Waals surface area (Å²) in [7, 11) is -3.58. The Kier molecular flexibility index (Phi) is 12.0. The maximum atomic E-state index is 13.9. The molecule has 3 aromatic carbocycles. The van der Waals surface area contributed by atoms with Crippen LogP contribution in [-0.4, -0.2) is 50.5 Å². The van der Waals surface area contributed by atoms with Crippen molar-refractivity contribution in [3.8, 4) is 0 Å². The smallest absolute Gasteiger partial charge is 0.243 e. The predicted octanol–water partition coefficient (Wildman–Crippen LogP) is 5.92. The van der Waals surface area contributed by atoms with Gasteiger partial charge in [0.15, 0.2) is 0 Å². The number of carbonyl (C=O) groups excluding carboxylic acids is 2. The summed E-state index contributed by atoms with van der Waals surface area (Å²) in [6.07, 6.45) is 1.90. The minimum atomic E-state index is -3.58. The van der Waals surface area contributed by atoms with E-state index in [0.717, 1.165) is 22.3 Å². The van der Waals surface area contributed by atoms with E-state index < -0.39 is 16.1 Å². The molecule has 0 aliphatic carbocycles. The summed E-state index contributed by atoms with van der Waals surface area (Å²) in [6.45, 7) is 8.68. The molecule has 1 N–H and O–H groups in total. The Bertz CT molecular complexity index is 1440. The van der Waals surface area contributed by atoms with E-state index in [1.54, 1.807) is 17.0 Å². The van der Waals surface area contributed by atoms with Gasteiger partial charge >= 0.3 is 0 Å². The first-order valence-corrected chi connectivity index (χ1v) is 16.5. The Morgan fingerprint density at radius 3 is 2.21 bits per heavy atom. The molecule has 3 aromatic rings. The number of amides is 2. The third-order valence-electron chi connectivity index (χ3n) is 7.01. The number of anilines is 1. The summed E-state index contributed by atoms with van der Waals surface area (Å²) in [4.78, 5) is 29.1. The van der Waals surface area contributed by atoms with Crippen LogP contribution in [-0.2, 0) is 32.6 Å². The highest BCUT2D eigenvalue weighted by Crippen LogP contribution is 2.25. The van der Waals surface area contributed by atoms with Gasteiger partial charge in [0.05, 0.1) is 11.9 Å². The Morgan fingerprint density at radius 2 is 1.60 bits per heavy atom. The van der Waals surface area contributed by atoms with Gasteiger partial charge in [-0.1, -0.05) is 80.0 Å². The molecule has 0 saturated carbocycles. The summed E-state index contributed by atoms with van der Waals surface area (Å²) in [6, 6.07) is 21.8. The summed E-state index contributed by atoms with van der Waals surface area (Å²) in [5, 5.41) is 3.60. The predicted molar refractivity (Wildman–Crippen MR) is 171 cm³/mol. The minimum absolute atomic E-state index is 0.0766. The third kappa shape index (κ3) is 9.88. The average molecular weight is 612 g/mol. The second kappa shape index (κ2) is 15.2. The minimum Gasteiger partial charge on any atom is -0.354 e. The van der Waals surface area contributed by atoms with E-state index in [9.17, 15) is 18.0 Å². The number of aryl methyl sites for hydroxylation is 2. The summed E-state index contributed by atoms with van der Waals surface area (Å²) < 4.78 is 26.9. The second-order valence-corrected chi connectivity index (χ2v) is 13.6. The van der Waals surface area contributed by atoms with E-state index in [1.165, 1.54) is 10.6 Å². The third-order valence-corrected chi connectivity index (χ3v) is 8.44. The monoisotopic (exact) mass is 611 g/mol. The van der Waals surface area contributed by atoms with Gasteiger partial charge in [-0.05, 0) is 66.6 Å². The quantitative estimate of drug-likeness (QED) is 0.245. The fraction of sp³-hybridized carbons (Fsp3) is 0.394. The van der Waals surface area contributed by atoms with E-state index in [4.69, 9.17) is 11.6 Å². The molecule has 0 spiro atoms. The molecular weight excluding hydrogens is 570 g/mol. The lowest BCUT2D eigenvalue weighted by atomic mass is 10.0. The van der Waals surface area contributed by atoms with Crippen LogP contribution in [0, 0.1) is 19.8 Å². The Labute approximate surface area is 255 Å². The van der Waals surface area contributed by atoms with E-state index in [1.807, 2.05) is 88.4 Å². The van der Waals surface area contributed by atoms with Crippen molar-refractivity contribution in [3.05, 3.63) is 100 Å². The second-order valence-electron chi connectivity index (χ2n) is 11.2. The van der Waals surface area contributed by atoms with Crippen LogP contribution < -0.4 is 9.62 Å². The highest BCUT2D eigenvalue weighted by molar-refractivity contribution is 7.92. The maximum Gasteiger partial charge on any atom is 0.243 e. The van der Waals surface area contributed by atoms with Gasteiger partial charge in [0.25, 0.3) is 0 Å². The van der Waals surface area contributed by atoms with Crippen LogP contribution in [0.5, 0.6) is 0 Å². The molecule has 1 unspecified atom stereocenters. The van der Waals surface area contributed by atoms with Gasteiger partial charge in [0.1, 0.15) is 6.04 Å². The molecule has 1 atom stereocenters. The topological polar surface area (TPSA) is 86.8 Å². The molecule has 0 radical (unpaired) electrons. The fourth-order valence-electron chi connectivity index (χ4n) is 4.73. The summed E-state index contributed by atoms with van der Waals surface area (Å²) in [5.74, 6) is -0.193. The zero-order valence-corrected chi connectivity index (χ0v) is 26.7. The lowest BCUT2D eigenvalue weighted by Crippen LogP contribution is -2.51. The molecule has 0 saturated heterocycles. The highest BCUT2D eigenvalue weighted by atomic mass is 35.5. The first-order valence-electron chi connectivity index (χ1n) is 14.3. The Morgan fingerprint density at radius 1 is 0.929 bits per heavy atom. The molecule has 7 nitrogen and oxygen atoms in total. The first-order chi connectivity index (χ1) is 19.8. The molecule has 0 aromatic heterocycles. The van der Waals surface area contributed by atoms with Crippen LogP contribution in [0.3, 0.4) is 0 Å². The van der Waals surface area contributed by atoms with Crippen molar-refractivity contribution in [2.45, 2.75) is 59.5 Å². The van der Waals surface area contributed by atoms with Crippen LogP contribution >= 0.6 is 11.6 Å². The molecule has 0 heterocycles. The number of carbonyl (C=O) groups is 2. The van der Waals surface area contributed by atoms with Crippen LogP contribution in [0.4, 0.5) is 5.69 Å². The molecule has 0 bridgehead atoms. The number of rotatable bonds is 14. The zero-order valence-electron chi connectivity index (χ0n) is 25.1. The van der Waals surface area contributed by atoms with Crippen molar-refractivity contribution < 1.29 is 18.0 Å². The van der Waals surface area contributed by atoms with Gasteiger partial charge < -0.3 is 10.2 Å². The van der Waals surface area contributed by atoms with Gasteiger partial charge in [-0.15, -0.1) is 0 Å². The lowest BCUT2D eigenvalue weighted by molar-refractivity contribution is -0.141. The van der Waals surface area contributed by atoms with Crippen molar-refractivity contribution in [1.82, 2.24) is 10.2 Å². The summed E-state index contributed by atoms with van der Waals surface area (Å²) >= 11 is 6.11. The average Bonchev–Trinajstić information content (AvgIpc) is 2.94. The van der Waals surface area contributed by atoms with Crippen LogP contribution in [0.2, 0.25) is 5.02 Å². The molecule has 0 fully saturated rings. The summed E-state index contributed by atoms with van der Waals surface area (Å²) in [5.41, 5.74) is 4.18. The largest absolute Gasteiger partial charge is 0.354 e. The van der Waals surface area contributed by atoms with Crippen LogP contribution in [0.1, 0.15) is 48.9 Å². The number of sulfonamides is 1. The number of hydrogen-bond acceptors (Lipinski definition) is 4. The Balaban J connectivity index is 1.89. The van der Waals surface area contributed by atoms with Gasteiger partial charge in [-0.3, -0.25) is 13.9 Å². The van der Waals surface area contributed by atoms with E-state index in [-0.39, 0.29) is 37.2 Å². The maximum absolute atomic E-state index is 13.9. The van der Waals surface area contributed by atoms with Crippen molar-refractivity contribution in [3.63, 3.8) is 0 Å². The van der Waals surface area contributed by atoms with Crippen LogP contribution in [0.25, 0.3) is 0 Å². The fourth-order valence-corrected chi connectivity index (χ4v) is 5.87. The van der Waals surface area contributed by atoms with Crippen molar-refractivity contribution in [1.29, 1.82) is 0 Å². The molecule has 9 heteroatoms. The van der Waals surface area contributed by atoms with Gasteiger partial charge in [-0.2, -0.15) is 0 Å². The molecule has 3 rings (SSSR count). The van der Waals surface area contributed by atoms with Crippen molar-refractivity contribution >= 4 is 39.1 Å². The first kappa shape index (κ1) is 33.1. The zero-order chi connectivity index (χ0) is 30.9. The Hall–Kier alpha value is -3.36. The lowest BCUT2D eigenvalue weighted by Gasteiger charge is -2.32. The highest BCUT2D eigenvalue weighted by Gasteiger charge is 2.30.